The van der Waals surface area contributed by atoms with Gasteiger partial charge in [-0.25, -0.2) is 0 Å². The number of aromatic amines is 1. The number of hydrogen-bond donors (Lipinski definition) is 3. The summed E-state index contributed by atoms with van der Waals surface area (Å²) in [7, 11) is 3.24. The molecule has 4 N–H and O–H groups in total. The summed E-state index contributed by atoms with van der Waals surface area (Å²) in [4.78, 5) is 0. The Hall–Kier alpha value is -2.89. The van der Waals surface area contributed by atoms with Gasteiger partial charge >= 0.3 is 0 Å². The number of rotatable bonds is 4. The lowest BCUT2D eigenvalue weighted by molar-refractivity contribution is 0.405. The molecule has 0 unspecified atom stereocenters. The SMILES string of the molecule is COc1ccc(OC)c(Nc2cc3[nH]ncc3cc2N)c1. The zero-order chi connectivity index (χ0) is 14.8. The summed E-state index contributed by atoms with van der Waals surface area (Å²) in [5, 5.41) is 11.2. The van der Waals surface area contributed by atoms with Crippen molar-refractivity contribution < 1.29 is 9.47 Å². The smallest absolute Gasteiger partial charge is 0.142 e. The van der Waals surface area contributed by atoms with Gasteiger partial charge in [-0.05, 0) is 24.3 Å². The third-order valence-electron chi connectivity index (χ3n) is 3.29. The molecule has 3 rings (SSSR count). The summed E-state index contributed by atoms with van der Waals surface area (Å²) in [6.45, 7) is 0. The van der Waals surface area contributed by atoms with Gasteiger partial charge in [0.1, 0.15) is 11.5 Å². The fraction of sp³-hybridized carbons (Fsp3) is 0.133. The number of anilines is 3. The topological polar surface area (TPSA) is 85.2 Å². The molecule has 0 saturated heterocycles. The quantitative estimate of drug-likeness (QED) is 0.641. The van der Waals surface area contributed by atoms with Crippen molar-refractivity contribution in [3.8, 4) is 11.5 Å². The first-order valence-electron chi connectivity index (χ1n) is 6.43. The van der Waals surface area contributed by atoms with Gasteiger partial charge in [0.05, 0.1) is 43.0 Å². The molecule has 0 radical (unpaired) electrons. The molecule has 3 aromatic rings. The predicted octanol–water partition coefficient (Wildman–Crippen LogP) is 2.91. The highest BCUT2D eigenvalue weighted by molar-refractivity contribution is 5.90. The Morgan fingerprint density at radius 3 is 2.71 bits per heavy atom. The number of H-pyrrole nitrogens is 1. The molecule has 0 aliphatic rings. The maximum atomic E-state index is 6.08. The van der Waals surface area contributed by atoms with E-state index >= 15 is 0 Å². The first-order valence-corrected chi connectivity index (χ1v) is 6.43. The van der Waals surface area contributed by atoms with Crippen LogP contribution in [-0.4, -0.2) is 24.4 Å². The van der Waals surface area contributed by atoms with E-state index in [1.54, 1.807) is 20.4 Å². The van der Waals surface area contributed by atoms with Crippen LogP contribution in [0, 0.1) is 0 Å². The summed E-state index contributed by atoms with van der Waals surface area (Å²) in [5.74, 6) is 1.44. The van der Waals surface area contributed by atoms with Crippen LogP contribution < -0.4 is 20.5 Å². The van der Waals surface area contributed by atoms with E-state index in [1.807, 2.05) is 30.3 Å². The van der Waals surface area contributed by atoms with E-state index in [-0.39, 0.29) is 0 Å². The zero-order valence-electron chi connectivity index (χ0n) is 11.8. The molecule has 0 aliphatic heterocycles. The number of ether oxygens (including phenoxy) is 2. The lowest BCUT2D eigenvalue weighted by atomic mass is 10.2. The van der Waals surface area contributed by atoms with E-state index in [0.29, 0.717) is 11.4 Å². The fourth-order valence-corrected chi connectivity index (χ4v) is 2.17. The average Bonchev–Trinajstić information content (AvgIpc) is 2.94. The van der Waals surface area contributed by atoms with Gasteiger partial charge < -0.3 is 20.5 Å². The number of nitrogens with one attached hydrogen (secondary N) is 2. The van der Waals surface area contributed by atoms with Crippen LogP contribution >= 0.6 is 0 Å². The third kappa shape index (κ3) is 2.43. The van der Waals surface area contributed by atoms with E-state index in [4.69, 9.17) is 15.2 Å². The largest absolute Gasteiger partial charge is 0.497 e. The van der Waals surface area contributed by atoms with Crippen molar-refractivity contribution in [3.05, 3.63) is 36.5 Å². The van der Waals surface area contributed by atoms with Gasteiger partial charge in [0.15, 0.2) is 0 Å². The second-order valence-corrected chi connectivity index (χ2v) is 4.59. The Morgan fingerprint density at radius 2 is 1.95 bits per heavy atom. The van der Waals surface area contributed by atoms with Crippen LogP contribution in [0.4, 0.5) is 17.1 Å². The molecule has 0 fully saturated rings. The molecule has 1 aromatic heterocycles. The van der Waals surface area contributed by atoms with E-state index in [0.717, 1.165) is 28.0 Å². The molecule has 6 nitrogen and oxygen atoms in total. The Labute approximate surface area is 121 Å². The summed E-state index contributed by atoms with van der Waals surface area (Å²) >= 11 is 0. The molecule has 0 aliphatic carbocycles. The Balaban J connectivity index is 2.02. The standard InChI is InChI=1S/C15H16N4O2/c1-20-10-3-4-15(21-2)14(6-10)18-13-7-12-9(5-11(13)16)8-17-19-12/h3-8,18H,16H2,1-2H3,(H,17,19). The van der Waals surface area contributed by atoms with Crippen LogP contribution in [0.25, 0.3) is 10.9 Å². The third-order valence-corrected chi connectivity index (χ3v) is 3.29. The minimum Gasteiger partial charge on any atom is -0.497 e. The maximum Gasteiger partial charge on any atom is 0.142 e. The van der Waals surface area contributed by atoms with Crippen molar-refractivity contribution in [2.75, 3.05) is 25.3 Å². The molecule has 2 aromatic carbocycles. The van der Waals surface area contributed by atoms with Crippen molar-refractivity contribution >= 4 is 28.0 Å². The summed E-state index contributed by atoms with van der Waals surface area (Å²) in [6, 6.07) is 9.32. The molecule has 6 heteroatoms. The van der Waals surface area contributed by atoms with Gasteiger partial charge in [0, 0.05) is 11.5 Å². The van der Waals surface area contributed by atoms with E-state index in [9.17, 15) is 0 Å². The van der Waals surface area contributed by atoms with Gasteiger partial charge in [0.2, 0.25) is 0 Å². The van der Waals surface area contributed by atoms with Crippen molar-refractivity contribution in [2.45, 2.75) is 0 Å². The lowest BCUT2D eigenvalue weighted by Gasteiger charge is -2.14. The number of hydrogen-bond acceptors (Lipinski definition) is 5. The Kier molecular flexibility index (Phi) is 3.27. The van der Waals surface area contributed by atoms with E-state index in [2.05, 4.69) is 15.5 Å². The highest BCUT2D eigenvalue weighted by Gasteiger charge is 2.09. The fourth-order valence-electron chi connectivity index (χ4n) is 2.17. The number of nitrogens with zero attached hydrogens (tertiary/aromatic N) is 1. The lowest BCUT2D eigenvalue weighted by Crippen LogP contribution is -1.99. The number of nitrogens with two attached hydrogens (primary N) is 1. The maximum absolute atomic E-state index is 6.08. The molecule has 0 saturated carbocycles. The van der Waals surface area contributed by atoms with Crippen molar-refractivity contribution in [1.29, 1.82) is 0 Å². The molecule has 21 heavy (non-hydrogen) atoms. The molecule has 0 atom stereocenters. The second-order valence-electron chi connectivity index (χ2n) is 4.59. The number of benzene rings is 2. The van der Waals surface area contributed by atoms with E-state index < -0.39 is 0 Å². The van der Waals surface area contributed by atoms with Crippen molar-refractivity contribution in [2.24, 2.45) is 0 Å². The Bertz CT molecular complexity index is 782. The normalized spacial score (nSPS) is 10.6. The average molecular weight is 284 g/mol. The van der Waals surface area contributed by atoms with Crippen LogP contribution in [-0.2, 0) is 0 Å². The predicted molar refractivity (Wildman–Crippen MR) is 83.3 cm³/mol. The van der Waals surface area contributed by atoms with Gasteiger partial charge in [-0.2, -0.15) is 5.10 Å². The summed E-state index contributed by atoms with van der Waals surface area (Å²) in [6.07, 6.45) is 1.74. The molecule has 0 bridgehead atoms. The molecular formula is C15H16N4O2. The number of aromatic nitrogens is 2. The monoisotopic (exact) mass is 284 g/mol. The minimum absolute atomic E-state index is 0.633. The van der Waals surface area contributed by atoms with Crippen LogP contribution in [0.15, 0.2) is 36.5 Å². The van der Waals surface area contributed by atoms with Gasteiger partial charge in [-0.15, -0.1) is 0 Å². The first-order chi connectivity index (χ1) is 10.2. The summed E-state index contributed by atoms with van der Waals surface area (Å²) < 4.78 is 10.6. The van der Waals surface area contributed by atoms with Crippen molar-refractivity contribution in [3.63, 3.8) is 0 Å². The minimum atomic E-state index is 0.633. The molecule has 0 spiro atoms. The number of fused-ring (bicyclic) bond motifs is 1. The number of nitrogen functional groups attached to an aromatic ring is 1. The molecule has 0 amide bonds. The van der Waals surface area contributed by atoms with Crippen LogP contribution in [0.1, 0.15) is 0 Å². The van der Waals surface area contributed by atoms with Crippen LogP contribution in [0.3, 0.4) is 0 Å². The van der Waals surface area contributed by atoms with Gasteiger partial charge in [0.25, 0.3) is 0 Å². The molecule has 108 valence electrons. The highest BCUT2D eigenvalue weighted by Crippen LogP contribution is 2.34. The van der Waals surface area contributed by atoms with Crippen molar-refractivity contribution in [1.82, 2.24) is 10.2 Å². The zero-order valence-corrected chi connectivity index (χ0v) is 11.8. The van der Waals surface area contributed by atoms with Gasteiger partial charge in [-0.3, -0.25) is 5.10 Å². The van der Waals surface area contributed by atoms with E-state index in [1.165, 1.54) is 0 Å². The second kappa shape index (κ2) is 5.24. The van der Waals surface area contributed by atoms with Crippen LogP contribution in [0.2, 0.25) is 0 Å². The van der Waals surface area contributed by atoms with Gasteiger partial charge in [-0.1, -0.05) is 0 Å². The molecule has 1 heterocycles. The Morgan fingerprint density at radius 1 is 1.10 bits per heavy atom. The highest BCUT2D eigenvalue weighted by atomic mass is 16.5. The van der Waals surface area contributed by atoms with Crippen LogP contribution in [0.5, 0.6) is 11.5 Å². The first kappa shape index (κ1) is 13.1. The number of methoxy groups -OCH3 is 2. The molecular weight excluding hydrogens is 268 g/mol. The summed E-state index contributed by atoms with van der Waals surface area (Å²) in [5.41, 5.74) is 9.18.